The molecule has 0 aromatic carbocycles. The van der Waals surface area contributed by atoms with Gasteiger partial charge in [-0.15, -0.1) is 0 Å². The van der Waals surface area contributed by atoms with E-state index in [1.807, 2.05) is 6.20 Å². The number of pyridine rings is 1. The average molecular weight is 220 g/mol. The summed E-state index contributed by atoms with van der Waals surface area (Å²) in [5, 5.41) is 3.42. The minimum absolute atomic E-state index is 0.678. The Bertz CT molecular complexity index is 288. The van der Waals surface area contributed by atoms with E-state index in [1.54, 1.807) is 0 Å². The highest BCUT2D eigenvalue weighted by molar-refractivity contribution is 5.14. The van der Waals surface area contributed by atoms with Crippen LogP contribution in [0, 0.1) is 11.8 Å². The van der Waals surface area contributed by atoms with Crippen molar-refractivity contribution in [2.24, 2.45) is 11.8 Å². The van der Waals surface area contributed by atoms with E-state index >= 15 is 0 Å². The second kappa shape index (κ2) is 6.64. The summed E-state index contributed by atoms with van der Waals surface area (Å²) >= 11 is 0. The Balaban J connectivity index is 2.39. The van der Waals surface area contributed by atoms with Crippen LogP contribution >= 0.6 is 0 Å². The monoisotopic (exact) mass is 220 g/mol. The van der Waals surface area contributed by atoms with Crippen molar-refractivity contribution in [3.05, 3.63) is 29.6 Å². The van der Waals surface area contributed by atoms with Crippen LogP contribution in [0.4, 0.5) is 0 Å². The molecule has 0 aliphatic rings. The molecule has 1 heterocycles. The minimum atomic E-state index is 0.678. The zero-order chi connectivity index (χ0) is 12.0. The maximum Gasteiger partial charge on any atom is 0.0406 e. The van der Waals surface area contributed by atoms with E-state index < -0.39 is 0 Å². The summed E-state index contributed by atoms with van der Waals surface area (Å²) in [7, 11) is 0. The van der Waals surface area contributed by atoms with E-state index in [0.717, 1.165) is 19.5 Å². The van der Waals surface area contributed by atoms with E-state index in [2.05, 4.69) is 50.1 Å². The van der Waals surface area contributed by atoms with Crippen molar-refractivity contribution >= 4 is 0 Å². The molecule has 2 heteroatoms. The lowest BCUT2D eigenvalue weighted by atomic mass is 10.1. The first-order chi connectivity index (χ1) is 7.58. The van der Waals surface area contributed by atoms with Crippen molar-refractivity contribution < 1.29 is 0 Å². The average Bonchev–Trinajstić information content (AvgIpc) is 2.19. The molecule has 0 fully saturated rings. The molecule has 0 radical (unpaired) electrons. The molecule has 0 atom stereocenters. The minimum Gasteiger partial charge on any atom is -0.312 e. The molecule has 90 valence electrons. The van der Waals surface area contributed by atoms with Gasteiger partial charge in [-0.05, 0) is 36.4 Å². The maximum atomic E-state index is 4.48. The third-order valence-electron chi connectivity index (χ3n) is 2.39. The molecule has 0 aliphatic carbocycles. The van der Waals surface area contributed by atoms with E-state index in [0.29, 0.717) is 11.8 Å². The topological polar surface area (TPSA) is 24.9 Å². The molecule has 0 bridgehead atoms. The normalized spacial score (nSPS) is 11.4. The standard InChI is InChI=1S/C14H24N2/c1-11(2)7-14-6-5-13(10-16-14)9-15-8-12(3)4/h5-6,10-12,15H,7-9H2,1-4H3. The maximum absolute atomic E-state index is 4.48. The van der Waals surface area contributed by atoms with Crippen LogP contribution in [0.25, 0.3) is 0 Å². The van der Waals surface area contributed by atoms with Crippen LogP contribution < -0.4 is 5.32 Å². The SMILES string of the molecule is CC(C)CNCc1ccc(CC(C)C)nc1. The summed E-state index contributed by atoms with van der Waals surface area (Å²) in [6.45, 7) is 10.9. The lowest BCUT2D eigenvalue weighted by Gasteiger charge is -2.08. The molecule has 0 amide bonds. The quantitative estimate of drug-likeness (QED) is 0.797. The summed E-state index contributed by atoms with van der Waals surface area (Å²) in [5.41, 5.74) is 2.47. The summed E-state index contributed by atoms with van der Waals surface area (Å²) < 4.78 is 0. The van der Waals surface area contributed by atoms with Gasteiger partial charge in [0, 0.05) is 18.4 Å². The first-order valence-corrected chi connectivity index (χ1v) is 6.22. The van der Waals surface area contributed by atoms with Crippen LogP contribution in [0.5, 0.6) is 0 Å². The number of rotatable bonds is 6. The van der Waals surface area contributed by atoms with Gasteiger partial charge < -0.3 is 5.32 Å². The van der Waals surface area contributed by atoms with Crippen LogP contribution in [0.15, 0.2) is 18.3 Å². The van der Waals surface area contributed by atoms with Gasteiger partial charge in [0.1, 0.15) is 0 Å². The molecule has 1 N–H and O–H groups in total. The zero-order valence-electron chi connectivity index (χ0n) is 11.0. The van der Waals surface area contributed by atoms with Crippen LogP contribution in [0.3, 0.4) is 0 Å². The van der Waals surface area contributed by atoms with Gasteiger partial charge >= 0.3 is 0 Å². The van der Waals surface area contributed by atoms with E-state index in [4.69, 9.17) is 0 Å². The summed E-state index contributed by atoms with van der Waals surface area (Å²) in [5.74, 6) is 1.38. The van der Waals surface area contributed by atoms with E-state index in [-0.39, 0.29) is 0 Å². The molecule has 16 heavy (non-hydrogen) atoms. The molecule has 2 nitrogen and oxygen atoms in total. The fourth-order valence-electron chi connectivity index (χ4n) is 1.60. The Labute approximate surface area is 99.5 Å². The van der Waals surface area contributed by atoms with Gasteiger partial charge in [-0.3, -0.25) is 4.98 Å². The highest BCUT2D eigenvalue weighted by atomic mass is 14.9. The zero-order valence-corrected chi connectivity index (χ0v) is 11.0. The van der Waals surface area contributed by atoms with Crippen LogP contribution in [-0.4, -0.2) is 11.5 Å². The fraction of sp³-hybridized carbons (Fsp3) is 0.643. The number of hydrogen-bond donors (Lipinski definition) is 1. The molecule has 0 unspecified atom stereocenters. The first-order valence-electron chi connectivity index (χ1n) is 6.22. The second-order valence-electron chi connectivity index (χ2n) is 5.28. The Morgan fingerprint density at radius 2 is 1.88 bits per heavy atom. The Kier molecular flexibility index (Phi) is 5.47. The molecule has 0 saturated carbocycles. The van der Waals surface area contributed by atoms with E-state index in [1.165, 1.54) is 11.3 Å². The first kappa shape index (κ1) is 13.2. The van der Waals surface area contributed by atoms with Gasteiger partial charge in [0.25, 0.3) is 0 Å². The third-order valence-corrected chi connectivity index (χ3v) is 2.39. The van der Waals surface area contributed by atoms with E-state index in [9.17, 15) is 0 Å². The Morgan fingerprint density at radius 3 is 2.38 bits per heavy atom. The van der Waals surface area contributed by atoms with Gasteiger partial charge in [-0.2, -0.15) is 0 Å². The number of aromatic nitrogens is 1. The number of hydrogen-bond acceptors (Lipinski definition) is 2. The summed E-state index contributed by atoms with van der Waals surface area (Å²) in [6, 6.07) is 4.32. The highest BCUT2D eigenvalue weighted by Gasteiger charge is 2.00. The Morgan fingerprint density at radius 1 is 1.12 bits per heavy atom. The van der Waals surface area contributed by atoms with Crippen molar-refractivity contribution in [1.82, 2.24) is 10.3 Å². The highest BCUT2D eigenvalue weighted by Crippen LogP contribution is 2.06. The number of nitrogens with one attached hydrogen (secondary N) is 1. The largest absolute Gasteiger partial charge is 0.312 e. The predicted molar refractivity (Wildman–Crippen MR) is 69.3 cm³/mol. The van der Waals surface area contributed by atoms with Crippen molar-refractivity contribution in [3.63, 3.8) is 0 Å². The molecule has 0 aliphatic heterocycles. The molecule has 0 spiro atoms. The second-order valence-corrected chi connectivity index (χ2v) is 5.28. The van der Waals surface area contributed by atoms with Gasteiger partial charge in [0.2, 0.25) is 0 Å². The molecule has 1 aromatic heterocycles. The molecule has 1 aromatic rings. The molecular weight excluding hydrogens is 196 g/mol. The molecular formula is C14H24N2. The summed E-state index contributed by atoms with van der Waals surface area (Å²) in [4.78, 5) is 4.48. The van der Waals surface area contributed by atoms with Gasteiger partial charge in [0.15, 0.2) is 0 Å². The third kappa shape index (κ3) is 5.26. The predicted octanol–water partition coefficient (Wildman–Crippen LogP) is 3.03. The van der Waals surface area contributed by atoms with Crippen molar-refractivity contribution in [2.75, 3.05) is 6.54 Å². The van der Waals surface area contributed by atoms with Crippen LogP contribution in [0.1, 0.15) is 39.0 Å². The molecule has 0 saturated heterocycles. The van der Waals surface area contributed by atoms with Gasteiger partial charge in [0.05, 0.1) is 0 Å². The smallest absolute Gasteiger partial charge is 0.0406 e. The Hall–Kier alpha value is -0.890. The van der Waals surface area contributed by atoms with Crippen molar-refractivity contribution in [3.8, 4) is 0 Å². The summed E-state index contributed by atoms with van der Waals surface area (Å²) in [6.07, 6.45) is 3.06. The lowest BCUT2D eigenvalue weighted by molar-refractivity contribution is 0.551. The van der Waals surface area contributed by atoms with Crippen LogP contribution in [0.2, 0.25) is 0 Å². The van der Waals surface area contributed by atoms with Crippen molar-refractivity contribution in [2.45, 2.75) is 40.7 Å². The fourth-order valence-corrected chi connectivity index (χ4v) is 1.60. The van der Waals surface area contributed by atoms with Gasteiger partial charge in [-0.1, -0.05) is 33.8 Å². The van der Waals surface area contributed by atoms with Gasteiger partial charge in [-0.25, -0.2) is 0 Å². The lowest BCUT2D eigenvalue weighted by Crippen LogP contribution is -2.19. The van der Waals surface area contributed by atoms with Crippen molar-refractivity contribution in [1.29, 1.82) is 0 Å². The number of nitrogens with zero attached hydrogens (tertiary/aromatic N) is 1. The molecule has 1 rings (SSSR count). The van der Waals surface area contributed by atoms with Crippen LogP contribution in [-0.2, 0) is 13.0 Å².